The van der Waals surface area contributed by atoms with Gasteiger partial charge in [0.1, 0.15) is 0 Å². The lowest BCUT2D eigenvalue weighted by Crippen LogP contribution is -2.45. The van der Waals surface area contributed by atoms with Crippen molar-refractivity contribution >= 4 is 17.5 Å². The Labute approximate surface area is 120 Å². The van der Waals surface area contributed by atoms with Crippen molar-refractivity contribution in [2.24, 2.45) is 0 Å². The third-order valence-corrected chi connectivity index (χ3v) is 3.53. The second kappa shape index (κ2) is 7.51. The summed E-state index contributed by atoms with van der Waals surface area (Å²) < 4.78 is 0. The van der Waals surface area contributed by atoms with Crippen LogP contribution in [-0.2, 0) is 4.79 Å². The molecule has 0 aliphatic heterocycles. The lowest BCUT2D eigenvalue weighted by Gasteiger charge is -2.26. The van der Waals surface area contributed by atoms with E-state index in [1.807, 2.05) is 56.9 Å². The summed E-state index contributed by atoms with van der Waals surface area (Å²) in [6, 6.07) is 7.60. The summed E-state index contributed by atoms with van der Waals surface area (Å²) >= 11 is 5.98. The molecule has 0 aromatic heterocycles. The monoisotopic (exact) mass is 282 g/mol. The zero-order valence-corrected chi connectivity index (χ0v) is 12.9. The van der Waals surface area contributed by atoms with Gasteiger partial charge < -0.3 is 4.90 Å². The summed E-state index contributed by atoms with van der Waals surface area (Å²) in [7, 11) is 0. The molecule has 2 unspecified atom stereocenters. The largest absolute Gasteiger partial charge is 0.342 e. The molecular weight excluding hydrogens is 260 g/mol. The Bertz CT molecular complexity index is 418. The number of hydrogen-bond acceptors (Lipinski definition) is 2. The first kappa shape index (κ1) is 16.0. The van der Waals surface area contributed by atoms with Gasteiger partial charge in [0.15, 0.2) is 0 Å². The van der Waals surface area contributed by atoms with Crippen LogP contribution in [-0.4, -0.2) is 29.9 Å². The van der Waals surface area contributed by atoms with E-state index in [1.165, 1.54) is 0 Å². The number of benzene rings is 1. The molecule has 106 valence electrons. The molecular formula is C15H23ClN2O. The Morgan fingerprint density at radius 3 is 2.47 bits per heavy atom. The molecule has 0 fully saturated rings. The highest BCUT2D eigenvalue weighted by Gasteiger charge is 2.20. The summed E-state index contributed by atoms with van der Waals surface area (Å²) in [5.41, 5.74) is 1.09. The third kappa shape index (κ3) is 4.51. The third-order valence-electron chi connectivity index (χ3n) is 3.29. The summed E-state index contributed by atoms with van der Waals surface area (Å²) in [4.78, 5) is 14.0. The van der Waals surface area contributed by atoms with Crippen LogP contribution in [0.3, 0.4) is 0 Å². The highest BCUT2D eigenvalue weighted by Crippen LogP contribution is 2.18. The fraction of sp³-hybridized carbons (Fsp3) is 0.533. The van der Waals surface area contributed by atoms with Crippen molar-refractivity contribution in [1.82, 2.24) is 10.2 Å². The molecule has 0 aliphatic carbocycles. The first-order valence-electron chi connectivity index (χ1n) is 6.79. The van der Waals surface area contributed by atoms with Crippen molar-refractivity contribution in [1.29, 1.82) is 0 Å². The minimum atomic E-state index is -0.200. The summed E-state index contributed by atoms with van der Waals surface area (Å²) in [5, 5.41) is 4.04. The van der Waals surface area contributed by atoms with Crippen LogP contribution in [0, 0.1) is 0 Å². The topological polar surface area (TPSA) is 32.3 Å². The minimum absolute atomic E-state index is 0.0909. The van der Waals surface area contributed by atoms with E-state index < -0.39 is 0 Å². The van der Waals surface area contributed by atoms with E-state index in [2.05, 4.69) is 5.32 Å². The van der Waals surface area contributed by atoms with Gasteiger partial charge in [-0.05, 0) is 45.4 Å². The number of halogens is 1. The molecule has 19 heavy (non-hydrogen) atoms. The lowest BCUT2D eigenvalue weighted by molar-refractivity contribution is -0.132. The maximum absolute atomic E-state index is 12.2. The molecule has 0 radical (unpaired) electrons. The number of hydrogen-bond donors (Lipinski definition) is 1. The van der Waals surface area contributed by atoms with Gasteiger partial charge in [0.25, 0.3) is 0 Å². The molecule has 0 saturated heterocycles. The maximum atomic E-state index is 12.2. The van der Waals surface area contributed by atoms with Crippen molar-refractivity contribution < 1.29 is 4.79 Å². The summed E-state index contributed by atoms with van der Waals surface area (Å²) in [6.07, 6.45) is 0. The first-order valence-corrected chi connectivity index (χ1v) is 7.17. The predicted octanol–water partition coefficient (Wildman–Crippen LogP) is 3.25. The van der Waals surface area contributed by atoms with Gasteiger partial charge in [-0.25, -0.2) is 0 Å². The predicted molar refractivity (Wildman–Crippen MR) is 80.4 cm³/mol. The van der Waals surface area contributed by atoms with Crippen LogP contribution in [0.25, 0.3) is 0 Å². The van der Waals surface area contributed by atoms with E-state index >= 15 is 0 Å². The lowest BCUT2D eigenvalue weighted by atomic mass is 10.1. The fourth-order valence-corrected chi connectivity index (χ4v) is 2.33. The van der Waals surface area contributed by atoms with E-state index in [9.17, 15) is 4.79 Å². The maximum Gasteiger partial charge on any atom is 0.239 e. The minimum Gasteiger partial charge on any atom is -0.342 e. The molecule has 0 aliphatic rings. The van der Waals surface area contributed by atoms with Crippen molar-refractivity contribution in [3.8, 4) is 0 Å². The zero-order valence-electron chi connectivity index (χ0n) is 12.1. The van der Waals surface area contributed by atoms with Crippen molar-refractivity contribution in [2.45, 2.75) is 39.8 Å². The molecule has 1 amide bonds. The Kier molecular flexibility index (Phi) is 6.32. The number of carbonyl (C=O) groups is 1. The van der Waals surface area contributed by atoms with Crippen LogP contribution < -0.4 is 5.32 Å². The number of likely N-dealkylation sites (N-methyl/N-ethyl adjacent to an activating group) is 1. The molecule has 1 N–H and O–H groups in total. The van der Waals surface area contributed by atoms with E-state index in [4.69, 9.17) is 11.6 Å². The van der Waals surface area contributed by atoms with Crippen LogP contribution in [0.15, 0.2) is 24.3 Å². The van der Waals surface area contributed by atoms with E-state index in [1.54, 1.807) is 0 Å². The Morgan fingerprint density at radius 2 is 1.95 bits per heavy atom. The molecule has 0 saturated carbocycles. The van der Waals surface area contributed by atoms with Gasteiger partial charge in [0, 0.05) is 24.2 Å². The highest BCUT2D eigenvalue weighted by molar-refractivity contribution is 6.30. The molecule has 0 heterocycles. The quantitative estimate of drug-likeness (QED) is 0.869. The number of nitrogens with zero attached hydrogens (tertiary/aromatic N) is 1. The van der Waals surface area contributed by atoms with E-state index in [-0.39, 0.29) is 18.0 Å². The second-order valence-corrected chi connectivity index (χ2v) is 5.11. The van der Waals surface area contributed by atoms with Gasteiger partial charge in [0.05, 0.1) is 6.04 Å². The van der Waals surface area contributed by atoms with Crippen LogP contribution in [0.1, 0.15) is 39.3 Å². The van der Waals surface area contributed by atoms with Crippen LogP contribution in [0.5, 0.6) is 0 Å². The number of rotatable bonds is 6. The normalized spacial score (nSPS) is 13.9. The average molecular weight is 283 g/mol. The standard InChI is InChI=1S/C15H23ClN2O/c1-5-18(6-2)15(19)12(4)17-11(3)13-8-7-9-14(16)10-13/h7-12,17H,5-6H2,1-4H3. The summed E-state index contributed by atoms with van der Waals surface area (Å²) in [6.45, 7) is 9.42. The Morgan fingerprint density at radius 1 is 1.32 bits per heavy atom. The van der Waals surface area contributed by atoms with Crippen LogP contribution in [0.4, 0.5) is 0 Å². The number of carbonyl (C=O) groups excluding carboxylic acids is 1. The molecule has 3 nitrogen and oxygen atoms in total. The Balaban J connectivity index is 2.66. The second-order valence-electron chi connectivity index (χ2n) is 4.68. The number of amides is 1. The molecule has 0 bridgehead atoms. The Hall–Kier alpha value is -1.06. The smallest absolute Gasteiger partial charge is 0.239 e. The van der Waals surface area contributed by atoms with Gasteiger partial charge in [-0.3, -0.25) is 10.1 Å². The van der Waals surface area contributed by atoms with Gasteiger partial charge in [0.2, 0.25) is 5.91 Å². The van der Waals surface area contributed by atoms with Crippen LogP contribution in [0.2, 0.25) is 5.02 Å². The fourth-order valence-electron chi connectivity index (χ4n) is 2.13. The number of nitrogens with one attached hydrogen (secondary N) is 1. The molecule has 1 rings (SSSR count). The first-order chi connectivity index (χ1) is 8.99. The van der Waals surface area contributed by atoms with Gasteiger partial charge in [-0.15, -0.1) is 0 Å². The highest BCUT2D eigenvalue weighted by atomic mass is 35.5. The van der Waals surface area contributed by atoms with Gasteiger partial charge in [-0.2, -0.15) is 0 Å². The zero-order chi connectivity index (χ0) is 14.4. The molecule has 4 heteroatoms. The van der Waals surface area contributed by atoms with Gasteiger partial charge in [-0.1, -0.05) is 23.7 Å². The average Bonchev–Trinajstić information content (AvgIpc) is 2.39. The molecule has 1 aromatic rings. The van der Waals surface area contributed by atoms with Crippen molar-refractivity contribution in [3.63, 3.8) is 0 Å². The summed E-state index contributed by atoms with van der Waals surface area (Å²) in [5.74, 6) is 0.138. The van der Waals surface area contributed by atoms with Crippen LogP contribution >= 0.6 is 11.6 Å². The van der Waals surface area contributed by atoms with E-state index in [0.29, 0.717) is 5.02 Å². The van der Waals surface area contributed by atoms with Gasteiger partial charge >= 0.3 is 0 Å². The SMILES string of the molecule is CCN(CC)C(=O)C(C)NC(C)c1cccc(Cl)c1. The molecule has 2 atom stereocenters. The molecule has 0 spiro atoms. The van der Waals surface area contributed by atoms with Crippen molar-refractivity contribution in [3.05, 3.63) is 34.9 Å². The molecule has 1 aromatic carbocycles. The van der Waals surface area contributed by atoms with Crippen molar-refractivity contribution in [2.75, 3.05) is 13.1 Å². The van der Waals surface area contributed by atoms with E-state index in [0.717, 1.165) is 18.7 Å².